The maximum Gasteiger partial charge on any atom is 0.261 e. The predicted octanol–water partition coefficient (Wildman–Crippen LogP) is 4.49. The number of hydrogen-bond acceptors (Lipinski definition) is 3. The molecule has 1 N–H and O–H groups in total. The number of allylic oxidation sites excluding steroid dienone is 3. The molecule has 0 aromatic heterocycles. The van der Waals surface area contributed by atoms with E-state index in [4.69, 9.17) is 27.9 Å². The molecule has 1 aromatic carbocycles. The van der Waals surface area contributed by atoms with Gasteiger partial charge in [0.15, 0.2) is 6.10 Å². The van der Waals surface area contributed by atoms with E-state index in [1.54, 1.807) is 24.0 Å². The Hall–Kier alpha value is -1.98. The number of carbonyl (C=O) groups is 2. The zero-order valence-electron chi connectivity index (χ0n) is 16.2. The third-order valence-corrected chi connectivity index (χ3v) is 4.78. The van der Waals surface area contributed by atoms with Gasteiger partial charge in [0, 0.05) is 31.1 Å². The first kappa shape index (κ1) is 22.3. The van der Waals surface area contributed by atoms with E-state index in [0.717, 1.165) is 24.2 Å². The molecule has 1 unspecified atom stereocenters. The minimum Gasteiger partial charge on any atom is -0.479 e. The van der Waals surface area contributed by atoms with Crippen molar-refractivity contribution >= 4 is 40.7 Å². The standard InChI is InChI=1S/C21H26Cl2N2O3/c1-3-18(28-19(15(2)23)6-4-12-22)21(27)24-14-16-8-10-17(11-9-16)25-13-5-7-20(25)26/h4,6,8-11,18H,3,5,7,12-14H2,1-2H3,(H,24,27)/b6-4-,19-15-. The number of nitrogens with zero attached hydrogens (tertiary/aromatic N) is 1. The van der Waals surface area contributed by atoms with Gasteiger partial charge in [-0.05, 0) is 43.5 Å². The maximum absolute atomic E-state index is 12.5. The number of hydrogen-bond donors (Lipinski definition) is 1. The van der Waals surface area contributed by atoms with E-state index in [2.05, 4.69) is 5.32 Å². The smallest absolute Gasteiger partial charge is 0.261 e. The molecule has 1 saturated heterocycles. The molecule has 0 saturated carbocycles. The highest BCUT2D eigenvalue weighted by Crippen LogP contribution is 2.21. The number of alkyl halides is 1. The van der Waals surface area contributed by atoms with Crippen molar-refractivity contribution in [3.8, 4) is 0 Å². The van der Waals surface area contributed by atoms with E-state index in [9.17, 15) is 9.59 Å². The summed E-state index contributed by atoms with van der Waals surface area (Å²) in [5, 5.41) is 3.35. The molecular weight excluding hydrogens is 399 g/mol. The number of halogens is 2. The molecule has 1 aliphatic heterocycles. The highest BCUT2D eigenvalue weighted by molar-refractivity contribution is 6.29. The molecule has 2 amide bonds. The lowest BCUT2D eigenvalue weighted by molar-refractivity contribution is -0.130. The molecule has 1 fully saturated rings. The van der Waals surface area contributed by atoms with Crippen LogP contribution in [0.4, 0.5) is 5.69 Å². The number of benzene rings is 1. The summed E-state index contributed by atoms with van der Waals surface area (Å²) in [6, 6.07) is 7.65. The molecule has 1 aromatic rings. The number of ether oxygens (including phenoxy) is 1. The zero-order valence-corrected chi connectivity index (χ0v) is 17.7. The lowest BCUT2D eigenvalue weighted by Gasteiger charge is -2.19. The van der Waals surface area contributed by atoms with Crippen molar-refractivity contribution in [3.05, 3.63) is 52.8 Å². The van der Waals surface area contributed by atoms with Gasteiger partial charge >= 0.3 is 0 Å². The van der Waals surface area contributed by atoms with Crippen LogP contribution in [0.25, 0.3) is 0 Å². The fraction of sp³-hybridized carbons (Fsp3) is 0.429. The molecule has 2 rings (SSSR count). The Morgan fingerprint density at radius 1 is 1.36 bits per heavy atom. The van der Waals surface area contributed by atoms with Crippen molar-refractivity contribution in [1.29, 1.82) is 0 Å². The molecule has 1 atom stereocenters. The third kappa shape index (κ3) is 6.28. The molecule has 1 aliphatic rings. The van der Waals surface area contributed by atoms with E-state index < -0.39 is 6.10 Å². The lowest BCUT2D eigenvalue weighted by Crippen LogP contribution is -2.35. The molecule has 5 nitrogen and oxygen atoms in total. The second-order valence-electron chi connectivity index (χ2n) is 6.50. The zero-order chi connectivity index (χ0) is 20.5. The second-order valence-corrected chi connectivity index (χ2v) is 7.38. The van der Waals surface area contributed by atoms with E-state index in [-0.39, 0.29) is 11.8 Å². The Kier molecular flexibility index (Phi) is 8.87. The Balaban J connectivity index is 1.93. The Bertz CT molecular complexity index is 741. The van der Waals surface area contributed by atoms with Crippen molar-refractivity contribution in [1.82, 2.24) is 5.32 Å². The van der Waals surface area contributed by atoms with Gasteiger partial charge in [-0.15, -0.1) is 11.6 Å². The fourth-order valence-corrected chi connectivity index (χ4v) is 3.08. The number of nitrogens with one attached hydrogen (secondary N) is 1. The normalized spacial score (nSPS) is 16.3. The van der Waals surface area contributed by atoms with Crippen LogP contribution < -0.4 is 10.2 Å². The van der Waals surface area contributed by atoms with Crippen molar-refractivity contribution in [2.24, 2.45) is 0 Å². The van der Waals surface area contributed by atoms with Crippen LogP contribution in [0, 0.1) is 0 Å². The van der Waals surface area contributed by atoms with Crippen molar-refractivity contribution in [2.75, 3.05) is 17.3 Å². The van der Waals surface area contributed by atoms with Gasteiger partial charge in [0.2, 0.25) is 5.91 Å². The van der Waals surface area contributed by atoms with Crippen LogP contribution in [-0.4, -0.2) is 30.3 Å². The van der Waals surface area contributed by atoms with Gasteiger partial charge in [-0.1, -0.05) is 36.7 Å². The van der Waals surface area contributed by atoms with Crippen LogP contribution >= 0.6 is 23.2 Å². The maximum atomic E-state index is 12.5. The van der Waals surface area contributed by atoms with E-state index >= 15 is 0 Å². The van der Waals surface area contributed by atoms with Crippen LogP contribution in [0.1, 0.15) is 38.7 Å². The van der Waals surface area contributed by atoms with Crippen molar-refractivity contribution < 1.29 is 14.3 Å². The largest absolute Gasteiger partial charge is 0.479 e. The summed E-state index contributed by atoms with van der Waals surface area (Å²) < 4.78 is 5.76. The van der Waals surface area contributed by atoms with E-state index in [1.807, 2.05) is 31.2 Å². The Morgan fingerprint density at radius 2 is 2.07 bits per heavy atom. The molecule has 0 aliphatic carbocycles. The molecule has 0 bridgehead atoms. The fourth-order valence-electron chi connectivity index (χ4n) is 2.88. The summed E-state index contributed by atoms with van der Waals surface area (Å²) >= 11 is 11.7. The summed E-state index contributed by atoms with van der Waals surface area (Å²) in [5.41, 5.74) is 1.84. The molecular formula is C21H26Cl2N2O3. The van der Waals surface area contributed by atoms with Gasteiger partial charge < -0.3 is 15.0 Å². The van der Waals surface area contributed by atoms with Crippen molar-refractivity contribution in [3.63, 3.8) is 0 Å². The predicted molar refractivity (Wildman–Crippen MR) is 113 cm³/mol. The van der Waals surface area contributed by atoms with Crippen LogP contribution in [0.2, 0.25) is 0 Å². The van der Waals surface area contributed by atoms with Gasteiger partial charge in [0.1, 0.15) is 5.76 Å². The number of carbonyl (C=O) groups excluding carboxylic acids is 2. The first-order chi connectivity index (χ1) is 13.5. The molecule has 0 radical (unpaired) electrons. The SMILES string of the molecule is CCC(OC(/C=C\CCl)=C(/C)Cl)C(=O)NCc1ccc(N2CCCC2=O)cc1. The number of amides is 2. The molecule has 28 heavy (non-hydrogen) atoms. The minimum atomic E-state index is -0.648. The molecule has 1 heterocycles. The van der Waals surface area contributed by atoms with Gasteiger partial charge in [-0.25, -0.2) is 0 Å². The monoisotopic (exact) mass is 424 g/mol. The Morgan fingerprint density at radius 3 is 2.61 bits per heavy atom. The first-order valence-electron chi connectivity index (χ1n) is 9.38. The second kappa shape index (κ2) is 11.1. The average molecular weight is 425 g/mol. The average Bonchev–Trinajstić information content (AvgIpc) is 3.12. The number of rotatable bonds is 9. The summed E-state index contributed by atoms with van der Waals surface area (Å²) in [6.45, 7) is 4.72. The van der Waals surface area contributed by atoms with Gasteiger partial charge in [0.05, 0.1) is 5.03 Å². The third-order valence-electron chi connectivity index (χ3n) is 4.42. The lowest BCUT2D eigenvalue weighted by atomic mass is 10.2. The molecule has 152 valence electrons. The highest BCUT2D eigenvalue weighted by Gasteiger charge is 2.22. The Labute approximate surface area is 176 Å². The summed E-state index contributed by atoms with van der Waals surface area (Å²) in [5.74, 6) is 0.713. The van der Waals surface area contributed by atoms with Gasteiger partial charge in [0.25, 0.3) is 5.91 Å². The van der Waals surface area contributed by atoms with E-state index in [0.29, 0.717) is 36.1 Å². The topological polar surface area (TPSA) is 58.6 Å². The molecule has 0 spiro atoms. The van der Waals surface area contributed by atoms with Crippen LogP contribution in [0.15, 0.2) is 47.2 Å². The quantitative estimate of drug-likeness (QED) is 0.360. The van der Waals surface area contributed by atoms with Gasteiger partial charge in [-0.3, -0.25) is 9.59 Å². The first-order valence-corrected chi connectivity index (χ1v) is 10.3. The summed E-state index contributed by atoms with van der Waals surface area (Å²) in [4.78, 5) is 26.1. The summed E-state index contributed by atoms with van der Waals surface area (Å²) in [6.07, 6.45) is 4.74. The number of anilines is 1. The van der Waals surface area contributed by atoms with Gasteiger partial charge in [-0.2, -0.15) is 0 Å². The summed E-state index contributed by atoms with van der Waals surface area (Å²) in [7, 11) is 0. The van der Waals surface area contributed by atoms with E-state index in [1.165, 1.54) is 0 Å². The van der Waals surface area contributed by atoms with Crippen LogP contribution in [0.3, 0.4) is 0 Å². The highest BCUT2D eigenvalue weighted by atomic mass is 35.5. The van der Waals surface area contributed by atoms with Crippen LogP contribution in [-0.2, 0) is 20.9 Å². The van der Waals surface area contributed by atoms with Crippen LogP contribution in [0.5, 0.6) is 0 Å². The minimum absolute atomic E-state index is 0.158. The molecule has 7 heteroatoms. The van der Waals surface area contributed by atoms with Crippen molar-refractivity contribution in [2.45, 2.75) is 45.8 Å².